The SMILES string of the molecule is Cc1ccc(N2CCOC([C@@H](O)c3nc4ccc(C#N)cc4c(=O)[nH]3)C2=O)cc1. The van der Waals surface area contributed by atoms with Gasteiger partial charge in [0.1, 0.15) is 11.9 Å². The minimum absolute atomic E-state index is 0.0590. The highest BCUT2D eigenvalue weighted by Crippen LogP contribution is 2.25. The number of nitriles is 1. The van der Waals surface area contributed by atoms with Crippen molar-refractivity contribution in [2.45, 2.75) is 19.1 Å². The normalized spacial score (nSPS) is 17.9. The number of benzene rings is 2. The van der Waals surface area contributed by atoms with Crippen LogP contribution in [0.5, 0.6) is 0 Å². The first kappa shape index (κ1) is 18.8. The Kier molecular flexibility index (Phi) is 4.84. The van der Waals surface area contributed by atoms with Gasteiger partial charge < -0.3 is 19.7 Å². The molecule has 146 valence electrons. The number of morpholine rings is 1. The molecule has 1 saturated heterocycles. The van der Waals surface area contributed by atoms with Crippen LogP contribution in [0.2, 0.25) is 0 Å². The lowest BCUT2D eigenvalue weighted by Gasteiger charge is -2.34. The Bertz CT molecular complexity index is 1180. The summed E-state index contributed by atoms with van der Waals surface area (Å²) >= 11 is 0. The van der Waals surface area contributed by atoms with Gasteiger partial charge in [-0.25, -0.2) is 4.98 Å². The number of anilines is 1. The number of aliphatic hydroxyl groups excluding tert-OH is 1. The number of ether oxygens (including phenoxy) is 1. The summed E-state index contributed by atoms with van der Waals surface area (Å²) in [4.78, 5) is 33.7. The third-order valence-electron chi connectivity index (χ3n) is 4.89. The van der Waals surface area contributed by atoms with Crippen molar-refractivity contribution in [2.75, 3.05) is 18.1 Å². The van der Waals surface area contributed by atoms with Crippen LogP contribution in [0.3, 0.4) is 0 Å². The second-order valence-electron chi connectivity index (χ2n) is 6.86. The Morgan fingerprint density at radius 1 is 1.28 bits per heavy atom. The van der Waals surface area contributed by atoms with Crippen molar-refractivity contribution in [1.82, 2.24) is 9.97 Å². The zero-order valence-electron chi connectivity index (χ0n) is 15.6. The van der Waals surface area contributed by atoms with E-state index in [0.29, 0.717) is 23.3 Å². The van der Waals surface area contributed by atoms with Crippen molar-refractivity contribution >= 4 is 22.5 Å². The molecule has 2 atom stereocenters. The molecular formula is C21H18N4O4. The average molecular weight is 390 g/mol. The molecule has 1 aliphatic rings. The van der Waals surface area contributed by atoms with Gasteiger partial charge in [0.2, 0.25) is 0 Å². The molecule has 8 heteroatoms. The fourth-order valence-electron chi connectivity index (χ4n) is 3.32. The first-order chi connectivity index (χ1) is 14.0. The highest BCUT2D eigenvalue weighted by atomic mass is 16.5. The molecule has 2 N–H and O–H groups in total. The number of carbonyl (C=O) groups excluding carboxylic acids is 1. The lowest BCUT2D eigenvalue weighted by Crippen LogP contribution is -2.50. The summed E-state index contributed by atoms with van der Waals surface area (Å²) in [6, 6.07) is 13.9. The molecule has 29 heavy (non-hydrogen) atoms. The Morgan fingerprint density at radius 2 is 2.03 bits per heavy atom. The minimum Gasteiger partial charge on any atom is -0.382 e. The highest BCUT2D eigenvalue weighted by molar-refractivity contribution is 5.97. The van der Waals surface area contributed by atoms with Crippen LogP contribution in [0, 0.1) is 18.3 Å². The molecule has 1 amide bonds. The number of H-pyrrole nitrogens is 1. The van der Waals surface area contributed by atoms with Crippen LogP contribution in [0.1, 0.15) is 23.1 Å². The minimum atomic E-state index is -1.44. The first-order valence-corrected chi connectivity index (χ1v) is 9.10. The number of hydrogen-bond donors (Lipinski definition) is 2. The molecule has 0 bridgehead atoms. The van der Waals surface area contributed by atoms with Gasteiger partial charge in [-0.15, -0.1) is 0 Å². The molecule has 0 radical (unpaired) electrons. The molecule has 3 aromatic rings. The zero-order chi connectivity index (χ0) is 20.5. The number of nitrogens with zero attached hydrogens (tertiary/aromatic N) is 3. The zero-order valence-corrected chi connectivity index (χ0v) is 15.6. The lowest BCUT2D eigenvalue weighted by atomic mass is 10.1. The van der Waals surface area contributed by atoms with Crippen molar-refractivity contribution < 1.29 is 14.6 Å². The van der Waals surface area contributed by atoms with Gasteiger partial charge in [0.05, 0.1) is 29.1 Å². The quantitative estimate of drug-likeness (QED) is 0.701. The second-order valence-corrected chi connectivity index (χ2v) is 6.86. The molecule has 2 aromatic carbocycles. The molecule has 8 nitrogen and oxygen atoms in total. The summed E-state index contributed by atoms with van der Waals surface area (Å²) in [7, 11) is 0. The van der Waals surface area contributed by atoms with Crippen molar-refractivity contribution in [3.05, 3.63) is 69.8 Å². The van der Waals surface area contributed by atoms with Crippen LogP contribution in [0.4, 0.5) is 5.69 Å². The number of rotatable bonds is 3. The average Bonchev–Trinajstić information content (AvgIpc) is 2.74. The number of aryl methyl sites for hydroxylation is 1. The van der Waals surface area contributed by atoms with Gasteiger partial charge in [-0.3, -0.25) is 9.59 Å². The summed E-state index contributed by atoms with van der Waals surface area (Å²) in [6.45, 7) is 2.56. The van der Waals surface area contributed by atoms with Crippen LogP contribution in [0.15, 0.2) is 47.3 Å². The fraction of sp³-hybridized carbons (Fsp3) is 0.238. The predicted molar refractivity (Wildman–Crippen MR) is 105 cm³/mol. The van der Waals surface area contributed by atoms with Crippen molar-refractivity contribution in [3.8, 4) is 6.07 Å². The van der Waals surface area contributed by atoms with Crippen LogP contribution in [0.25, 0.3) is 10.9 Å². The van der Waals surface area contributed by atoms with E-state index in [2.05, 4.69) is 9.97 Å². The monoisotopic (exact) mass is 390 g/mol. The summed E-state index contributed by atoms with van der Waals surface area (Å²) < 4.78 is 5.52. The smallest absolute Gasteiger partial charge is 0.259 e. The van der Waals surface area contributed by atoms with Crippen molar-refractivity contribution in [1.29, 1.82) is 5.26 Å². The Morgan fingerprint density at radius 3 is 2.76 bits per heavy atom. The molecule has 0 saturated carbocycles. The van der Waals surface area contributed by atoms with E-state index >= 15 is 0 Å². The fourth-order valence-corrected chi connectivity index (χ4v) is 3.32. The van der Waals surface area contributed by atoms with Gasteiger partial charge >= 0.3 is 0 Å². The Balaban J connectivity index is 1.65. The van der Waals surface area contributed by atoms with Crippen LogP contribution < -0.4 is 10.5 Å². The van der Waals surface area contributed by atoms with Gasteiger partial charge in [0, 0.05) is 12.2 Å². The highest BCUT2D eigenvalue weighted by Gasteiger charge is 2.37. The molecule has 1 fully saturated rings. The van der Waals surface area contributed by atoms with Gasteiger partial charge in [-0.2, -0.15) is 5.26 Å². The molecule has 1 unspecified atom stereocenters. The van der Waals surface area contributed by atoms with Crippen LogP contribution in [-0.4, -0.2) is 40.2 Å². The summed E-state index contributed by atoms with van der Waals surface area (Å²) in [5, 5.41) is 20.0. The first-order valence-electron chi connectivity index (χ1n) is 9.10. The molecule has 4 rings (SSSR count). The van der Waals surface area contributed by atoms with E-state index in [1.165, 1.54) is 18.2 Å². The van der Waals surface area contributed by atoms with Crippen molar-refractivity contribution in [3.63, 3.8) is 0 Å². The lowest BCUT2D eigenvalue weighted by molar-refractivity contribution is -0.143. The van der Waals surface area contributed by atoms with Crippen LogP contribution >= 0.6 is 0 Å². The topological polar surface area (TPSA) is 119 Å². The van der Waals surface area contributed by atoms with E-state index in [1.54, 1.807) is 4.90 Å². The van der Waals surface area contributed by atoms with E-state index in [0.717, 1.165) is 5.56 Å². The molecule has 0 aliphatic carbocycles. The Hall–Kier alpha value is -3.54. The van der Waals surface area contributed by atoms with Gasteiger partial charge in [-0.05, 0) is 37.3 Å². The number of aliphatic hydroxyl groups is 1. The third-order valence-corrected chi connectivity index (χ3v) is 4.89. The molecule has 2 heterocycles. The number of fused-ring (bicyclic) bond motifs is 1. The summed E-state index contributed by atoms with van der Waals surface area (Å²) in [5.41, 5.74) is 1.94. The summed E-state index contributed by atoms with van der Waals surface area (Å²) in [6.07, 6.45) is -2.63. The van der Waals surface area contributed by atoms with Crippen LogP contribution in [-0.2, 0) is 9.53 Å². The number of hydrogen-bond acceptors (Lipinski definition) is 6. The number of aromatic nitrogens is 2. The van der Waals surface area contributed by atoms with Gasteiger partial charge in [-0.1, -0.05) is 17.7 Å². The van der Waals surface area contributed by atoms with E-state index in [1.807, 2.05) is 37.3 Å². The van der Waals surface area contributed by atoms with E-state index in [4.69, 9.17) is 10.00 Å². The van der Waals surface area contributed by atoms with E-state index in [9.17, 15) is 14.7 Å². The third kappa shape index (κ3) is 3.49. The maximum atomic E-state index is 12.9. The van der Waals surface area contributed by atoms with E-state index in [-0.39, 0.29) is 17.8 Å². The number of nitrogens with one attached hydrogen (secondary N) is 1. The maximum absolute atomic E-state index is 12.9. The molecule has 1 aromatic heterocycles. The number of carbonyl (C=O) groups is 1. The van der Waals surface area contributed by atoms with Crippen molar-refractivity contribution in [2.24, 2.45) is 0 Å². The Labute approximate surface area is 166 Å². The molecule has 0 spiro atoms. The number of aromatic amines is 1. The molecule has 1 aliphatic heterocycles. The van der Waals surface area contributed by atoms with E-state index < -0.39 is 23.7 Å². The summed E-state index contributed by atoms with van der Waals surface area (Å²) in [5.74, 6) is -0.466. The maximum Gasteiger partial charge on any atom is 0.259 e. The van der Waals surface area contributed by atoms with Gasteiger partial charge in [0.25, 0.3) is 11.5 Å². The predicted octanol–water partition coefficient (Wildman–Crippen LogP) is 1.57. The second kappa shape index (κ2) is 7.47. The number of amides is 1. The van der Waals surface area contributed by atoms with Gasteiger partial charge in [0.15, 0.2) is 6.10 Å². The standard InChI is InChI=1S/C21H18N4O4/c1-12-2-5-14(6-3-12)25-8-9-29-18(21(25)28)17(26)19-23-16-7-4-13(11-22)10-15(16)20(27)24-19/h2-7,10,17-18,26H,8-9H2,1H3,(H,23,24,27)/t17-,18?/m1/s1. The largest absolute Gasteiger partial charge is 0.382 e. The molecular weight excluding hydrogens is 372 g/mol.